The van der Waals surface area contributed by atoms with E-state index in [1.807, 2.05) is 38.1 Å². The average Bonchev–Trinajstić information content (AvgIpc) is 2.92. The maximum Gasteiger partial charge on any atom is 0.254 e. The molecule has 0 radical (unpaired) electrons. The van der Waals surface area contributed by atoms with Crippen LogP contribution in [0.5, 0.6) is 0 Å². The van der Waals surface area contributed by atoms with Crippen molar-refractivity contribution in [2.24, 2.45) is 0 Å². The lowest BCUT2D eigenvalue weighted by atomic mass is 10.2. The molecule has 1 unspecified atom stereocenters. The minimum atomic E-state index is -0.133. The van der Waals surface area contributed by atoms with Gasteiger partial charge >= 0.3 is 0 Å². The van der Waals surface area contributed by atoms with E-state index in [1.54, 1.807) is 22.4 Å². The zero-order valence-electron chi connectivity index (χ0n) is 13.2. The second kappa shape index (κ2) is 6.58. The molecule has 2 aromatic rings. The lowest BCUT2D eigenvalue weighted by Crippen LogP contribution is -2.27. The Labute approximate surface area is 139 Å². The van der Waals surface area contributed by atoms with Crippen LogP contribution in [0.15, 0.2) is 40.3 Å². The van der Waals surface area contributed by atoms with Gasteiger partial charge in [-0.05, 0) is 25.5 Å². The van der Waals surface area contributed by atoms with Crippen LogP contribution in [-0.4, -0.2) is 21.2 Å². The molecular formula is C17H19N3O2S. The summed E-state index contributed by atoms with van der Waals surface area (Å²) in [5, 5.41) is 3.61. The first-order valence-electron chi connectivity index (χ1n) is 7.68. The van der Waals surface area contributed by atoms with Gasteiger partial charge in [0.15, 0.2) is 5.16 Å². The van der Waals surface area contributed by atoms with Gasteiger partial charge in [0.05, 0.1) is 6.04 Å². The number of rotatable bonds is 4. The molecule has 0 spiro atoms. The summed E-state index contributed by atoms with van der Waals surface area (Å²) in [6, 6.07) is 9.11. The summed E-state index contributed by atoms with van der Waals surface area (Å²) >= 11 is 1.54. The number of amides is 1. The SMILES string of the molecule is CCc1cc(=O)n2c(n1)SCC2CC(=O)Nc1ccc(C)cc1. The summed E-state index contributed by atoms with van der Waals surface area (Å²) in [5.41, 5.74) is 2.66. The van der Waals surface area contributed by atoms with Crippen molar-refractivity contribution in [2.45, 2.75) is 37.9 Å². The summed E-state index contributed by atoms with van der Waals surface area (Å²) in [5.74, 6) is 0.621. The second-order valence-electron chi connectivity index (χ2n) is 5.67. The third-order valence-corrected chi connectivity index (χ3v) is 4.96. The molecule has 1 aliphatic rings. The first-order valence-corrected chi connectivity index (χ1v) is 8.67. The fraction of sp³-hybridized carbons (Fsp3) is 0.353. The minimum absolute atomic E-state index is 0.0648. The minimum Gasteiger partial charge on any atom is -0.326 e. The van der Waals surface area contributed by atoms with Gasteiger partial charge in [-0.15, -0.1) is 0 Å². The van der Waals surface area contributed by atoms with Crippen LogP contribution in [0.3, 0.4) is 0 Å². The van der Waals surface area contributed by atoms with Crippen molar-refractivity contribution in [3.05, 3.63) is 51.9 Å². The van der Waals surface area contributed by atoms with Crippen molar-refractivity contribution in [2.75, 3.05) is 11.1 Å². The van der Waals surface area contributed by atoms with Gasteiger partial charge in [0.25, 0.3) is 5.56 Å². The summed E-state index contributed by atoms with van der Waals surface area (Å²) < 4.78 is 1.65. The maximum absolute atomic E-state index is 12.3. The maximum atomic E-state index is 12.3. The second-order valence-corrected chi connectivity index (χ2v) is 6.66. The lowest BCUT2D eigenvalue weighted by Gasteiger charge is -2.13. The molecule has 1 amide bonds. The van der Waals surface area contributed by atoms with Crippen LogP contribution in [0.2, 0.25) is 0 Å². The topological polar surface area (TPSA) is 64.0 Å². The molecule has 0 saturated heterocycles. The van der Waals surface area contributed by atoms with Gasteiger partial charge in [0.1, 0.15) is 0 Å². The first kappa shape index (κ1) is 15.8. The highest BCUT2D eigenvalue weighted by atomic mass is 32.2. The van der Waals surface area contributed by atoms with E-state index < -0.39 is 0 Å². The number of fused-ring (bicyclic) bond motifs is 1. The Morgan fingerprint density at radius 2 is 2.13 bits per heavy atom. The third-order valence-electron chi connectivity index (χ3n) is 3.86. The number of aromatic nitrogens is 2. The van der Waals surface area contributed by atoms with Crippen molar-refractivity contribution in [3.63, 3.8) is 0 Å². The van der Waals surface area contributed by atoms with Gasteiger partial charge in [-0.3, -0.25) is 14.2 Å². The highest BCUT2D eigenvalue weighted by Crippen LogP contribution is 2.32. The summed E-state index contributed by atoms with van der Waals surface area (Å²) in [6.45, 7) is 3.98. The molecule has 3 rings (SSSR count). The highest BCUT2D eigenvalue weighted by molar-refractivity contribution is 7.99. The van der Waals surface area contributed by atoms with Crippen molar-refractivity contribution in [3.8, 4) is 0 Å². The molecule has 1 aromatic heterocycles. The van der Waals surface area contributed by atoms with Crippen LogP contribution >= 0.6 is 11.8 Å². The first-order chi connectivity index (χ1) is 11.1. The van der Waals surface area contributed by atoms with Gasteiger partial charge in [0, 0.05) is 29.6 Å². The Hall–Kier alpha value is -2.08. The van der Waals surface area contributed by atoms with E-state index in [4.69, 9.17) is 0 Å². The number of anilines is 1. The fourth-order valence-electron chi connectivity index (χ4n) is 2.59. The van der Waals surface area contributed by atoms with E-state index in [0.29, 0.717) is 5.75 Å². The van der Waals surface area contributed by atoms with Gasteiger partial charge in [-0.25, -0.2) is 4.98 Å². The molecule has 0 bridgehead atoms. The predicted octanol–water partition coefficient (Wildman–Crippen LogP) is 2.79. The van der Waals surface area contributed by atoms with E-state index in [-0.39, 0.29) is 23.9 Å². The average molecular weight is 329 g/mol. The fourth-order valence-corrected chi connectivity index (χ4v) is 3.76. The van der Waals surface area contributed by atoms with Gasteiger partial charge in [-0.2, -0.15) is 0 Å². The van der Waals surface area contributed by atoms with Gasteiger partial charge < -0.3 is 5.32 Å². The molecule has 1 N–H and O–H groups in total. The third kappa shape index (κ3) is 3.47. The molecule has 0 aliphatic carbocycles. The van der Waals surface area contributed by atoms with Crippen LogP contribution in [0.1, 0.15) is 30.6 Å². The Morgan fingerprint density at radius 3 is 2.83 bits per heavy atom. The summed E-state index contributed by atoms with van der Waals surface area (Å²) in [6.07, 6.45) is 1.02. The van der Waals surface area contributed by atoms with Crippen molar-refractivity contribution >= 4 is 23.4 Å². The molecule has 6 heteroatoms. The zero-order chi connectivity index (χ0) is 16.4. The smallest absolute Gasteiger partial charge is 0.254 e. The molecule has 120 valence electrons. The predicted molar refractivity (Wildman–Crippen MR) is 92.1 cm³/mol. The van der Waals surface area contributed by atoms with Gasteiger partial charge in [0.2, 0.25) is 5.91 Å². The Balaban J connectivity index is 1.72. The number of benzene rings is 1. The standard InChI is InChI=1S/C17H19N3O2S/c1-3-12-8-16(22)20-14(10-23-17(20)19-12)9-15(21)18-13-6-4-11(2)5-7-13/h4-8,14H,3,9-10H2,1-2H3,(H,18,21). The van der Waals surface area contributed by atoms with Crippen LogP contribution < -0.4 is 10.9 Å². The van der Waals surface area contributed by atoms with E-state index in [9.17, 15) is 9.59 Å². The molecule has 0 fully saturated rings. The quantitative estimate of drug-likeness (QED) is 0.876. The van der Waals surface area contributed by atoms with Crippen LogP contribution in [0.4, 0.5) is 5.69 Å². The van der Waals surface area contributed by atoms with E-state index in [1.165, 1.54) is 0 Å². The Bertz CT molecular complexity index is 783. The normalized spacial score (nSPS) is 16.2. The zero-order valence-corrected chi connectivity index (χ0v) is 14.0. The van der Waals surface area contributed by atoms with E-state index in [2.05, 4.69) is 10.3 Å². The molecular weight excluding hydrogens is 310 g/mol. The number of carbonyl (C=O) groups is 1. The molecule has 1 aromatic carbocycles. The molecule has 5 nitrogen and oxygen atoms in total. The highest BCUT2D eigenvalue weighted by Gasteiger charge is 2.27. The number of carbonyl (C=O) groups excluding carboxylic acids is 1. The monoisotopic (exact) mass is 329 g/mol. The van der Waals surface area contributed by atoms with Crippen LogP contribution in [0, 0.1) is 6.92 Å². The van der Waals surface area contributed by atoms with Crippen molar-refractivity contribution in [1.29, 1.82) is 0 Å². The largest absolute Gasteiger partial charge is 0.326 e. The van der Waals surface area contributed by atoms with Crippen molar-refractivity contribution in [1.82, 2.24) is 9.55 Å². The Kier molecular flexibility index (Phi) is 4.52. The molecule has 0 saturated carbocycles. The summed E-state index contributed by atoms with van der Waals surface area (Å²) in [7, 11) is 0. The number of aryl methyl sites for hydroxylation is 2. The molecule has 1 atom stereocenters. The summed E-state index contributed by atoms with van der Waals surface area (Å²) in [4.78, 5) is 29.0. The lowest BCUT2D eigenvalue weighted by molar-refractivity contribution is -0.116. The van der Waals surface area contributed by atoms with Crippen molar-refractivity contribution < 1.29 is 4.79 Å². The number of nitrogens with zero attached hydrogens (tertiary/aromatic N) is 2. The van der Waals surface area contributed by atoms with Gasteiger partial charge in [-0.1, -0.05) is 36.4 Å². The Morgan fingerprint density at radius 1 is 1.39 bits per heavy atom. The molecule has 1 aliphatic heterocycles. The number of thioether (sulfide) groups is 1. The van der Waals surface area contributed by atoms with E-state index >= 15 is 0 Å². The number of hydrogen-bond acceptors (Lipinski definition) is 4. The van der Waals surface area contributed by atoms with Crippen LogP contribution in [-0.2, 0) is 11.2 Å². The van der Waals surface area contributed by atoms with Crippen LogP contribution in [0.25, 0.3) is 0 Å². The number of nitrogens with one attached hydrogen (secondary N) is 1. The van der Waals surface area contributed by atoms with E-state index in [0.717, 1.165) is 28.5 Å². The molecule has 2 heterocycles. The molecule has 23 heavy (non-hydrogen) atoms. The number of hydrogen-bond donors (Lipinski definition) is 1.